The largest absolute Gasteiger partial charge is 0.455 e. The highest BCUT2D eigenvalue weighted by atomic mass is 35.5. The van der Waals surface area contributed by atoms with Crippen molar-refractivity contribution in [2.45, 2.75) is 6.54 Å². The Labute approximate surface area is 128 Å². The Morgan fingerprint density at radius 1 is 1.05 bits per heavy atom. The summed E-state index contributed by atoms with van der Waals surface area (Å²) in [7, 11) is 1.89. The number of para-hydroxylation sites is 2. The number of hydrogen-bond donors (Lipinski definition) is 1. The second-order valence-electron chi connectivity index (χ2n) is 4.69. The fourth-order valence-corrected chi connectivity index (χ4v) is 2.37. The van der Waals surface area contributed by atoms with Gasteiger partial charge in [-0.15, -0.1) is 0 Å². The van der Waals surface area contributed by atoms with Crippen LogP contribution in [-0.2, 0) is 6.54 Å². The topological polar surface area (TPSA) is 34.1 Å². The number of halogens is 1. The van der Waals surface area contributed by atoms with E-state index in [1.54, 1.807) is 0 Å². The van der Waals surface area contributed by atoms with Crippen LogP contribution in [0.1, 0.15) is 5.69 Å². The summed E-state index contributed by atoms with van der Waals surface area (Å²) >= 11 is 6.17. The molecule has 21 heavy (non-hydrogen) atoms. The highest BCUT2D eigenvalue weighted by molar-refractivity contribution is 6.32. The number of aromatic nitrogens is 1. The average molecular weight is 299 g/mol. The van der Waals surface area contributed by atoms with Crippen molar-refractivity contribution in [3.05, 3.63) is 65.3 Å². The van der Waals surface area contributed by atoms with Crippen LogP contribution >= 0.6 is 11.6 Å². The molecule has 0 fully saturated rings. The predicted molar refractivity (Wildman–Crippen MR) is 86.0 cm³/mol. The third-order valence-corrected chi connectivity index (χ3v) is 3.46. The van der Waals surface area contributed by atoms with Gasteiger partial charge in [0.25, 0.3) is 0 Å². The SMILES string of the molecule is CNCc1cc(Oc2ccccc2Cl)c2ccccc2n1. The molecule has 4 heteroatoms. The van der Waals surface area contributed by atoms with Gasteiger partial charge in [0.1, 0.15) is 11.5 Å². The van der Waals surface area contributed by atoms with Gasteiger partial charge in [-0.3, -0.25) is 4.98 Å². The molecule has 0 bridgehead atoms. The molecule has 0 spiro atoms. The number of fused-ring (bicyclic) bond motifs is 1. The normalized spacial score (nSPS) is 10.8. The maximum absolute atomic E-state index is 6.17. The number of benzene rings is 2. The summed E-state index contributed by atoms with van der Waals surface area (Å²) in [5, 5.41) is 4.67. The van der Waals surface area contributed by atoms with Gasteiger partial charge in [0.15, 0.2) is 0 Å². The van der Waals surface area contributed by atoms with E-state index in [9.17, 15) is 0 Å². The van der Waals surface area contributed by atoms with Crippen molar-refractivity contribution in [2.24, 2.45) is 0 Å². The lowest BCUT2D eigenvalue weighted by Crippen LogP contribution is -2.07. The molecule has 0 radical (unpaired) electrons. The van der Waals surface area contributed by atoms with E-state index in [-0.39, 0.29) is 0 Å². The van der Waals surface area contributed by atoms with E-state index in [1.165, 1.54) is 0 Å². The Balaban J connectivity index is 2.09. The first kappa shape index (κ1) is 13.9. The highest BCUT2D eigenvalue weighted by Crippen LogP contribution is 2.33. The maximum atomic E-state index is 6.17. The zero-order chi connectivity index (χ0) is 14.7. The summed E-state index contributed by atoms with van der Waals surface area (Å²) in [6.07, 6.45) is 0. The van der Waals surface area contributed by atoms with Crippen molar-refractivity contribution in [1.82, 2.24) is 10.3 Å². The molecule has 1 N–H and O–H groups in total. The lowest BCUT2D eigenvalue weighted by atomic mass is 10.2. The van der Waals surface area contributed by atoms with Gasteiger partial charge >= 0.3 is 0 Å². The maximum Gasteiger partial charge on any atom is 0.146 e. The molecular weight excluding hydrogens is 284 g/mol. The highest BCUT2D eigenvalue weighted by Gasteiger charge is 2.09. The van der Waals surface area contributed by atoms with Crippen molar-refractivity contribution in [3.63, 3.8) is 0 Å². The van der Waals surface area contributed by atoms with Gasteiger partial charge in [-0.05, 0) is 31.3 Å². The summed E-state index contributed by atoms with van der Waals surface area (Å²) in [6.45, 7) is 0.684. The van der Waals surface area contributed by atoms with E-state index in [2.05, 4.69) is 10.3 Å². The minimum atomic E-state index is 0.591. The van der Waals surface area contributed by atoms with Gasteiger partial charge in [-0.1, -0.05) is 35.9 Å². The van der Waals surface area contributed by atoms with Crippen molar-refractivity contribution < 1.29 is 4.74 Å². The van der Waals surface area contributed by atoms with Crippen LogP contribution in [0.2, 0.25) is 5.02 Å². The van der Waals surface area contributed by atoms with E-state index < -0.39 is 0 Å². The smallest absolute Gasteiger partial charge is 0.146 e. The summed E-state index contributed by atoms with van der Waals surface area (Å²) in [5.41, 5.74) is 1.84. The Bertz CT molecular complexity index is 774. The van der Waals surface area contributed by atoms with Crippen molar-refractivity contribution in [2.75, 3.05) is 7.05 Å². The molecular formula is C17H15ClN2O. The van der Waals surface area contributed by atoms with E-state index in [1.807, 2.05) is 61.6 Å². The van der Waals surface area contributed by atoms with E-state index >= 15 is 0 Å². The van der Waals surface area contributed by atoms with Crippen LogP contribution in [0, 0.1) is 0 Å². The molecule has 0 unspecified atom stereocenters. The first-order valence-electron chi connectivity index (χ1n) is 6.73. The Hall–Kier alpha value is -2.10. The molecule has 0 saturated heterocycles. The van der Waals surface area contributed by atoms with Gasteiger partial charge in [0, 0.05) is 18.0 Å². The second-order valence-corrected chi connectivity index (χ2v) is 5.10. The molecule has 0 saturated carbocycles. The Morgan fingerprint density at radius 2 is 1.81 bits per heavy atom. The van der Waals surface area contributed by atoms with Gasteiger partial charge in [0.05, 0.1) is 16.2 Å². The van der Waals surface area contributed by atoms with Crippen LogP contribution in [0.15, 0.2) is 54.6 Å². The molecule has 2 aromatic carbocycles. The number of ether oxygens (including phenoxy) is 1. The monoisotopic (exact) mass is 298 g/mol. The molecule has 3 rings (SSSR count). The third kappa shape index (κ3) is 2.99. The summed E-state index contributed by atoms with van der Waals surface area (Å²) in [4.78, 5) is 4.61. The Morgan fingerprint density at radius 3 is 2.62 bits per heavy atom. The zero-order valence-electron chi connectivity index (χ0n) is 11.6. The number of rotatable bonds is 4. The molecule has 3 aromatic rings. The van der Waals surface area contributed by atoms with Gasteiger partial charge in [-0.2, -0.15) is 0 Å². The molecule has 106 valence electrons. The van der Waals surface area contributed by atoms with Crippen LogP contribution in [-0.4, -0.2) is 12.0 Å². The van der Waals surface area contributed by atoms with Crippen LogP contribution in [0.4, 0.5) is 0 Å². The lowest BCUT2D eigenvalue weighted by molar-refractivity contribution is 0.487. The fraction of sp³-hybridized carbons (Fsp3) is 0.118. The zero-order valence-corrected chi connectivity index (χ0v) is 12.4. The molecule has 0 aliphatic carbocycles. The number of hydrogen-bond acceptors (Lipinski definition) is 3. The molecule has 0 atom stereocenters. The molecule has 0 amide bonds. The standard InChI is InChI=1S/C17H15ClN2O/c1-19-11-12-10-17(13-6-2-4-8-15(13)20-12)21-16-9-5-3-7-14(16)18/h2-10,19H,11H2,1H3. The number of pyridine rings is 1. The molecule has 3 nitrogen and oxygen atoms in total. The number of nitrogens with one attached hydrogen (secondary N) is 1. The summed E-state index contributed by atoms with van der Waals surface area (Å²) in [6, 6.07) is 17.3. The summed E-state index contributed by atoms with van der Waals surface area (Å²) < 4.78 is 6.01. The van der Waals surface area contributed by atoms with E-state index in [0.717, 1.165) is 22.3 Å². The minimum absolute atomic E-state index is 0.591. The van der Waals surface area contributed by atoms with Crippen molar-refractivity contribution in [1.29, 1.82) is 0 Å². The quantitative estimate of drug-likeness (QED) is 0.775. The predicted octanol–water partition coefficient (Wildman–Crippen LogP) is 4.40. The average Bonchev–Trinajstić information content (AvgIpc) is 2.50. The first-order chi connectivity index (χ1) is 10.3. The molecule has 1 aromatic heterocycles. The van der Waals surface area contributed by atoms with E-state index in [4.69, 9.17) is 16.3 Å². The molecule has 0 aliphatic rings. The third-order valence-electron chi connectivity index (χ3n) is 3.15. The van der Waals surface area contributed by atoms with Crippen LogP contribution in [0.5, 0.6) is 11.5 Å². The lowest BCUT2D eigenvalue weighted by Gasteiger charge is -2.12. The van der Waals surface area contributed by atoms with Crippen molar-refractivity contribution in [3.8, 4) is 11.5 Å². The fourth-order valence-electron chi connectivity index (χ4n) is 2.20. The van der Waals surface area contributed by atoms with Crippen LogP contribution in [0.3, 0.4) is 0 Å². The van der Waals surface area contributed by atoms with Gasteiger partial charge < -0.3 is 10.1 Å². The first-order valence-corrected chi connectivity index (χ1v) is 7.11. The minimum Gasteiger partial charge on any atom is -0.455 e. The molecule has 1 heterocycles. The van der Waals surface area contributed by atoms with Gasteiger partial charge in [0.2, 0.25) is 0 Å². The second kappa shape index (κ2) is 6.12. The van der Waals surface area contributed by atoms with Gasteiger partial charge in [-0.25, -0.2) is 0 Å². The van der Waals surface area contributed by atoms with E-state index in [0.29, 0.717) is 17.3 Å². The molecule has 0 aliphatic heterocycles. The van der Waals surface area contributed by atoms with Crippen LogP contribution < -0.4 is 10.1 Å². The van der Waals surface area contributed by atoms with Crippen molar-refractivity contribution >= 4 is 22.5 Å². The summed E-state index contributed by atoms with van der Waals surface area (Å²) in [5.74, 6) is 1.41. The van der Waals surface area contributed by atoms with Crippen LogP contribution in [0.25, 0.3) is 10.9 Å². The Kier molecular flexibility index (Phi) is 4.04. The number of nitrogens with zero attached hydrogens (tertiary/aromatic N) is 1.